The second kappa shape index (κ2) is 5.87. The van der Waals surface area contributed by atoms with Gasteiger partial charge in [-0.25, -0.2) is 0 Å². The van der Waals surface area contributed by atoms with Crippen LogP contribution in [0.3, 0.4) is 0 Å². The molecule has 0 atom stereocenters. The zero-order valence-corrected chi connectivity index (χ0v) is 8.02. The number of hydrogen-bond acceptors (Lipinski definition) is 3. The molecule has 0 aliphatic carbocycles. The second-order valence-corrected chi connectivity index (χ2v) is 4.45. The van der Waals surface area contributed by atoms with Crippen molar-refractivity contribution >= 4 is 73.3 Å². The molecule has 0 aliphatic rings. The van der Waals surface area contributed by atoms with Gasteiger partial charge in [-0.05, 0) is 30.5 Å². The first-order chi connectivity index (χ1) is 5.54. The van der Waals surface area contributed by atoms with Gasteiger partial charge in [-0.1, -0.05) is 0 Å². The Labute approximate surface area is 124 Å². The zero-order valence-electron chi connectivity index (χ0n) is 6.39. The summed E-state index contributed by atoms with van der Waals surface area (Å²) in [4.78, 5) is 0.891. The molecule has 0 saturated heterocycles. The van der Waals surface area contributed by atoms with Crippen LogP contribution in [0.5, 0.6) is 0 Å². The number of rotatable bonds is 2. The van der Waals surface area contributed by atoms with Crippen molar-refractivity contribution in [2.45, 2.75) is 9.79 Å². The quantitative estimate of drug-likeness (QED) is 0.479. The predicted octanol–water partition coefficient (Wildman–Crippen LogP) is 1.01. The fourth-order valence-electron chi connectivity index (χ4n) is 0.748. The van der Waals surface area contributed by atoms with Gasteiger partial charge in [0.15, 0.2) is 0 Å². The van der Waals surface area contributed by atoms with Crippen LogP contribution in [-0.4, -0.2) is 70.6 Å². The Morgan fingerprint density at radius 2 is 1.69 bits per heavy atom. The van der Waals surface area contributed by atoms with Crippen molar-refractivity contribution in [3.05, 3.63) is 24.3 Å². The van der Waals surface area contributed by atoms with Gasteiger partial charge in [0.1, 0.15) is 0 Å². The average Bonchev–Trinajstić information content (AvgIpc) is 2.03. The van der Waals surface area contributed by atoms with Gasteiger partial charge in [-0.15, -0.1) is 11.8 Å². The van der Waals surface area contributed by atoms with Gasteiger partial charge in [0, 0.05) is 4.90 Å². The summed E-state index contributed by atoms with van der Waals surface area (Å²) in [5, 5.41) is 0. The fraction of sp³-hybridized carbons (Fsp3) is 0.143. The molecular weight excluding hydrogens is 235 g/mol. The molecule has 0 saturated carbocycles. The summed E-state index contributed by atoms with van der Waals surface area (Å²) in [6.07, 6.45) is 1.89. The summed E-state index contributed by atoms with van der Waals surface area (Å²) in [6, 6.07) is 6.05. The topological polar surface area (TPSA) is 54.4 Å². The van der Waals surface area contributed by atoms with Gasteiger partial charge < -0.3 is 0 Å². The normalized spacial score (nSPS) is 10.6. The van der Waals surface area contributed by atoms with Gasteiger partial charge >= 0.3 is 51.4 Å². The molecule has 0 unspecified atom stereocenters. The van der Waals surface area contributed by atoms with Crippen LogP contribution in [0.15, 0.2) is 34.1 Å². The molecule has 68 valence electrons. The van der Waals surface area contributed by atoms with E-state index >= 15 is 0 Å². The molecule has 1 N–H and O–H groups in total. The van der Waals surface area contributed by atoms with E-state index in [1.54, 1.807) is 12.1 Å². The molecule has 0 amide bonds. The molecule has 0 fully saturated rings. The summed E-state index contributed by atoms with van der Waals surface area (Å²) in [5.74, 6) is 0. The number of hydrogen-bond donors (Lipinski definition) is 1. The van der Waals surface area contributed by atoms with Crippen LogP contribution in [0.25, 0.3) is 0 Å². The Kier molecular flexibility index (Phi) is 6.37. The van der Waals surface area contributed by atoms with E-state index in [1.165, 1.54) is 23.9 Å². The standard InChI is InChI=1S/C7H8O3S2.K.H/c1-11-6-2-4-7(5-3-6)12(8,9)10;;/h2-5H,1H3,(H,8,9,10);;. The first-order valence-electron chi connectivity index (χ1n) is 3.15. The molecule has 6 heteroatoms. The Bertz CT molecular complexity index is 358. The van der Waals surface area contributed by atoms with E-state index in [4.69, 9.17) is 4.55 Å². The van der Waals surface area contributed by atoms with Crippen LogP contribution in [0, 0.1) is 0 Å². The monoisotopic (exact) mass is 244 g/mol. The van der Waals surface area contributed by atoms with E-state index in [-0.39, 0.29) is 56.3 Å². The van der Waals surface area contributed by atoms with Crippen molar-refractivity contribution in [3.63, 3.8) is 0 Å². The van der Waals surface area contributed by atoms with E-state index in [2.05, 4.69) is 0 Å². The summed E-state index contributed by atoms with van der Waals surface area (Å²) in [6.45, 7) is 0. The van der Waals surface area contributed by atoms with Crippen molar-refractivity contribution in [1.82, 2.24) is 0 Å². The third kappa shape index (κ3) is 4.44. The number of thioether (sulfide) groups is 1. The summed E-state index contributed by atoms with van der Waals surface area (Å²) in [7, 11) is -4.04. The molecule has 3 nitrogen and oxygen atoms in total. The van der Waals surface area contributed by atoms with Crippen molar-refractivity contribution in [3.8, 4) is 0 Å². The third-order valence-corrected chi connectivity index (χ3v) is 2.97. The molecule has 0 heterocycles. The van der Waals surface area contributed by atoms with E-state index in [1.807, 2.05) is 6.26 Å². The molecule has 0 aromatic heterocycles. The average molecular weight is 244 g/mol. The molecule has 1 aromatic rings. The summed E-state index contributed by atoms with van der Waals surface area (Å²) in [5.41, 5.74) is 0. The van der Waals surface area contributed by atoms with Crippen LogP contribution in [0.1, 0.15) is 0 Å². The van der Waals surface area contributed by atoms with E-state index in [0.717, 1.165) is 4.90 Å². The molecule has 1 rings (SSSR count). The SMILES string of the molecule is CSc1ccc(S(=O)(=O)O)cc1.[KH]. The molecular formula is C7H9KO3S2. The molecule has 13 heavy (non-hydrogen) atoms. The van der Waals surface area contributed by atoms with Gasteiger partial charge in [-0.2, -0.15) is 8.42 Å². The first-order valence-corrected chi connectivity index (χ1v) is 5.82. The van der Waals surface area contributed by atoms with E-state index in [9.17, 15) is 8.42 Å². The van der Waals surface area contributed by atoms with Gasteiger partial charge in [-0.3, -0.25) is 4.55 Å². The third-order valence-electron chi connectivity index (χ3n) is 1.36. The maximum absolute atomic E-state index is 10.6. The van der Waals surface area contributed by atoms with Crippen LogP contribution in [0.2, 0.25) is 0 Å². The van der Waals surface area contributed by atoms with Crippen LogP contribution < -0.4 is 0 Å². The Morgan fingerprint density at radius 1 is 1.23 bits per heavy atom. The second-order valence-electron chi connectivity index (χ2n) is 2.15. The van der Waals surface area contributed by atoms with E-state index < -0.39 is 10.1 Å². The van der Waals surface area contributed by atoms with Crippen LogP contribution in [0.4, 0.5) is 0 Å². The van der Waals surface area contributed by atoms with Gasteiger partial charge in [0.2, 0.25) is 0 Å². The molecule has 0 radical (unpaired) electrons. The summed E-state index contributed by atoms with van der Waals surface area (Å²) >= 11 is 1.51. The van der Waals surface area contributed by atoms with Crippen LogP contribution in [-0.2, 0) is 10.1 Å². The fourth-order valence-corrected chi connectivity index (χ4v) is 1.64. The minimum atomic E-state index is -4.04. The number of benzene rings is 1. The summed E-state index contributed by atoms with van der Waals surface area (Å²) < 4.78 is 29.8. The Morgan fingerprint density at radius 3 is 2.00 bits per heavy atom. The van der Waals surface area contributed by atoms with Crippen molar-refractivity contribution < 1.29 is 13.0 Å². The van der Waals surface area contributed by atoms with Crippen molar-refractivity contribution in [1.29, 1.82) is 0 Å². The maximum atomic E-state index is 10.6. The molecule has 1 aromatic carbocycles. The Balaban J connectivity index is 0.00000144. The van der Waals surface area contributed by atoms with Crippen molar-refractivity contribution in [2.75, 3.05) is 6.26 Å². The first kappa shape index (κ1) is 14.1. The Hall–Kier alpha value is 1.12. The molecule has 0 aliphatic heterocycles. The van der Waals surface area contributed by atoms with E-state index in [0.29, 0.717) is 0 Å². The minimum absolute atomic E-state index is 0. The predicted molar refractivity (Wildman–Crippen MR) is 55.2 cm³/mol. The molecule has 0 spiro atoms. The van der Waals surface area contributed by atoms with Crippen molar-refractivity contribution in [2.24, 2.45) is 0 Å². The van der Waals surface area contributed by atoms with Crippen LogP contribution >= 0.6 is 11.8 Å². The van der Waals surface area contributed by atoms with Gasteiger partial charge in [0.05, 0.1) is 4.90 Å². The zero-order chi connectivity index (χ0) is 9.19. The molecule has 0 bridgehead atoms. The van der Waals surface area contributed by atoms with Gasteiger partial charge in [0.25, 0.3) is 10.1 Å².